The predicted octanol–water partition coefficient (Wildman–Crippen LogP) is 2.59. The Bertz CT molecular complexity index is 713. The molecule has 7 heteroatoms. The lowest BCUT2D eigenvalue weighted by Crippen LogP contribution is -2.47. The zero-order valence-electron chi connectivity index (χ0n) is 13.7. The van der Waals surface area contributed by atoms with E-state index in [1.54, 1.807) is 24.3 Å². The van der Waals surface area contributed by atoms with Gasteiger partial charge in [-0.15, -0.1) is 0 Å². The molecule has 0 aromatic heterocycles. The zero-order chi connectivity index (χ0) is 17.8. The Hall–Kier alpha value is -2.51. The van der Waals surface area contributed by atoms with Crippen LogP contribution >= 0.6 is 0 Å². The summed E-state index contributed by atoms with van der Waals surface area (Å²) in [5, 5.41) is 21.0. The van der Waals surface area contributed by atoms with Crippen LogP contribution in [0.3, 0.4) is 0 Å². The molecule has 0 amide bonds. The molecule has 1 atom stereocenters. The zero-order valence-corrected chi connectivity index (χ0v) is 13.7. The van der Waals surface area contributed by atoms with E-state index in [0.29, 0.717) is 12.1 Å². The van der Waals surface area contributed by atoms with E-state index in [4.69, 9.17) is 0 Å². The number of rotatable bonds is 5. The van der Waals surface area contributed by atoms with Crippen molar-refractivity contribution >= 4 is 11.4 Å². The van der Waals surface area contributed by atoms with Crippen molar-refractivity contribution < 1.29 is 14.4 Å². The molecule has 3 rings (SSSR count). The van der Waals surface area contributed by atoms with Gasteiger partial charge in [0.1, 0.15) is 5.82 Å². The van der Waals surface area contributed by atoms with Crippen LogP contribution in [0.2, 0.25) is 0 Å². The highest BCUT2D eigenvalue weighted by atomic mass is 19.1. The third-order valence-corrected chi connectivity index (χ3v) is 4.48. The minimum absolute atomic E-state index is 0.0878. The SMILES string of the molecule is O=[N+]([O-])c1ccc(N2CCN(CC(O)c3ccc(F)cc3)CC2)cc1. The van der Waals surface area contributed by atoms with Crippen LogP contribution in [0.15, 0.2) is 48.5 Å². The topological polar surface area (TPSA) is 69.9 Å². The van der Waals surface area contributed by atoms with Crippen molar-refractivity contribution in [3.63, 3.8) is 0 Å². The Kier molecular flexibility index (Phi) is 5.25. The molecule has 1 aliphatic heterocycles. The molecule has 0 spiro atoms. The number of nitro groups is 1. The molecule has 1 unspecified atom stereocenters. The maximum absolute atomic E-state index is 12.9. The fourth-order valence-electron chi connectivity index (χ4n) is 3.01. The van der Waals surface area contributed by atoms with Gasteiger partial charge < -0.3 is 10.0 Å². The molecule has 6 nitrogen and oxygen atoms in total. The maximum atomic E-state index is 12.9. The van der Waals surface area contributed by atoms with Crippen LogP contribution in [0.4, 0.5) is 15.8 Å². The lowest BCUT2D eigenvalue weighted by Gasteiger charge is -2.36. The molecule has 1 aliphatic rings. The molecule has 1 saturated heterocycles. The van der Waals surface area contributed by atoms with E-state index < -0.39 is 11.0 Å². The number of hydrogen-bond donors (Lipinski definition) is 1. The van der Waals surface area contributed by atoms with Crippen LogP contribution in [0.1, 0.15) is 11.7 Å². The molecule has 0 radical (unpaired) electrons. The van der Waals surface area contributed by atoms with Gasteiger partial charge in [-0.05, 0) is 29.8 Å². The van der Waals surface area contributed by atoms with Gasteiger partial charge >= 0.3 is 0 Å². The van der Waals surface area contributed by atoms with Gasteiger partial charge in [0, 0.05) is 50.5 Å². The highest BCUT2D eigenvalue weighted by molar-refractivity contribution is 5.51. The smallest absolute Gasteiger partial charge is 0.269 e. The lowest BCUT2D eigenvalue weighted by molar-refractivity contribution is -0.384. The number of nitro benzene ring substituents is 1. The van der Waals surface area contributed by atoms with Crippen molar-refractivity contribution in [1.82, 2.24) is 4.90 Å². The number of anilines is 1. The number of non-ortho nitro benzene ring substituents is 1. The summed E-state index contributed by atoms with van der Waals surface area (Å²) < 4.78 is 12.9. The summed E-state index contributed by atoms with van der Waals surface area (Å²) in [5.74, 6) is -0.312. The highest BCUT2D eigenvalue weighted by Gasteiger charge is 2.20. The third-order valence-electron chi connectivity index (χ3n) is 4.48. The van der Waals surface area contributed by atoms with E-state index in [9.17, 15) is 19.6 Å². The largest absolute Gasteiger partial charge is 0.387 e. The third kappa shape index (κ3) is 4.32. The Labute approximate surface area is 145 Å². The van der Waals surface area contributed by atoms with Crippen LogP contribution in [0, 0.1) is 15.9 Å². The summed E-state index contributed by atoms with van der Waals surface area (Å²) in [5.41, 5.74) is 1.76. The molecule has 132 valence electrons. The first-order valence-electron chi connectivity index (χ1n) is 8.18. The van der Waals surface area contributed by atoms with Gasteiger partial charge in [0.15, 0.2) is 0 Å². The second kappa shape index (κ2) is 7.58. The van der Waals surface area contributed by atoms with E-state index in [-0.39, 0.29) is 11.5 Å². The monoisotopic (exact) mass is 345 g/mol. The number of aliphatic hydroxyl groups is 1. The Morgan fingerprint density at radius 2 is 1.64 bits per heavy atom. The van der Waals surface area contributed by atoms with E-state index in [1.807, 2.05) is 0 Å². The van der Waals surface area contributed by atoms with Gasteiger partial charge in [-0.2, -0.15) is 0 Å². The second-order valence-corrected chi connectivity index (χ2v) is 6.13. The number of halogens is 1. The van der Waals surface area contributed by atoms with Crippen molar-refractivity contribution in [2.45, 2.75) is 6.10 Å². The fraction of sp³-hybridized carbons (Fsp3) is 0.333. The average Bonchev–Trinajstić information content (AvgIpc) is 2.63. The van der Waals surface area contributed by atoms with Crippen LogP contribution < -0.4 is 4.90 Å². The molecule has 1 N–H and O–H groups in total. The fourth-order valence-corrected chi connectivity index (χ4v) is 3.01. The molecule has 1 fully saturated rings. The van der Waals surface area contributed by atoms with Crippen molar-refractivity contribution in [3.8, 4) is 0 Å². The first-order valence-corrected chi connectivity index (χ1v) is 8.18. The van der Waals surface area contributed by atoms with Crippen LogP contribution in [-0.4, -0.2) is 47.7 Å². The van der Waals surface area contributed by atoms with Gasteiger partial charge in [0.25, 0.3) is 5.69 Å². The molecule has 0 bridgehead atoms. The molecule has 2 aromatic rings. The van der Waals surface area contributed by atoms with Crippen LogP contribution in [0.5, 0.6) is 0 Å². The number of β-amino-alcohol motifs (C(OH)–C–C–N with tert-alkyl or cyclic N) is 1. The van der Waals surface area contributed by atoms with Gasteiger partial charge in [-0.25, -0.2) is 4.39 Å². The normalized spacial score (nSPS) is 16.6. The summed E-state index contributed by atoms with van der Waals surface area (Å²) in [4.78, 5) is 14.6. The molecule has 25 heavy (non-hydrogen) atoms. The van der Waals surface area contributed by atoms with Crippen LogP contribution in [-0.2, 0) is 0 Å². The highest BCUT2D eigenvalue weighted by Crippen LogP contribution is 2.22. The molecule has 1 heterocycles. The van der Waals surface area contributed by atoms with Crippen molar-refractivity contribution in [2.24, 2.45) is 0 Å². The standard InChI is InChI=1S/C18H20FN3O3/c19-15-3-1-14(2-4-15)18(23)13-20-9-11-21(12-10-20)16-5-7-17(8-6-16)22(24)25/h1-8,18,23H,9-13H2. The van der Waals surface area contributed by atoms with E-state index in [1.165, 1.54) is 24.3 Å². The van der Waals surface area contributed by atoms with Crippen LogP contribution in [0.25, 0.3) is 0 Å². The summed E-state index contributed by atoms with van der Waals surface area (Å²) in [7, 11) is 0. The first kappa shape index (κ1) is 17.3. The van der Waals surface area contributed by atoms with E-state index in [2.05, 4.69) is 9.80 Å². The summed E-state index contributed by atoms with van der Waals surface area (Å²) in [6.45, 7) is 3.64. The van der Waals surface area contributed by atoms with Crippen molar-refractivity contribution in [1.29, 1.82) is 0 Å². The van der Waals surface area contributed by atoms with Gasteiger partial charge in [0.2, 0.25) is 0 Å². The van der Waals surface area contributed by atoms with Gasteiger partial charge in [-0.3, -0.25) is 15.0 Å². The lowest BCUT2D eigenvalue weighted by atomic mass is 10.1. The van der Waals surface area contributed by atoms with Crippen molar-refractivity contribution in [3.05, 3.63) is 70.0 Å². The predicted molar refractivity (Wildman–Crippen MR) is 93.1 cm³/mol. The molecule has 0 saturated carbocycles. The Balaban J connectivity index is 1.53. The minimum atomic E-state index is -0.647. The number of hydrogen-bond acceptors (Lipinski definition) is 5. The average molecular weight is 345 g/mol. The van der Waals surface area contributed by atoms with Crippen molar-refractivity contribution in [2.75, 3.05) is 37.6 Å². The van der Waals surface area contributed by atoms with E-state index >= 15 is 0 Å². The summed E-state index contributed by atoms with van der Waals surface area (Å²) >= 11 is 0. The van der Waals surface area contributed by atoms with Gasteiger partial charge in [-0.1, -0.05) is 12.1 Å². The maximum Gasteiger partial charge on any atom is 0.269 e. The Morgan fingerprint density at radius 3 is 2.20 bits per heavy atom. The van der Waals surface area contributed by atoms with Gasteiger partial charge in [0.05, 0.1) is 11.0 Å². The number of nitrogens with zero attached hydrogens (tertiary/aromatic N) is 3. The molecule has 2 aromatic carbocycles. The molecular weight excluding hydrogens is 325 g/mol. The number of piperazine rings is 1. The number of aliphatic hydroxyl groups excluding tert-OH is 1. The Morgan fingerprint density at radius 1 is 1.04 bits per heavy atom. The quantitative estimate of drug-likeness (QED) is 0.666. The first-order chi connectivity index (χ1) is 12.0. The van der Waals surface area contributed by atoms with E-state index in [0.717, 1.165) is 31.9 Å². The minimum Gasteiger partial charge on any atom is -0.387 e. The molecular formula is C18H20FN3O3. The molecule has 0 aliphatic carbocycles. The summed E-state index contributed by atoms with van der Waals surface area (Å²) in [6.07, 6.45) is -0.647. The summed E-state index contributed by atoms with van der Waals surface area (Å²) in [6, 6.07) is 12.5. The number of benzene rings is 2. The second-order valence-electron chi connectivity index (χ2n) is 6.13.